The zero-order valence-electron chi connectivity index (χ0n) is 11.6. The average Bonchev–Trinajstić information content (AvgIpc) is 2.46. The number of hydrogen-bond acceptors (Lipinski definition) is 3. The van der Waals surface area contributed by atoms with Gasteiger partial charge in [0.2, 0.25) is 0 Å². The zero-order valence-corrected chi connectivity index (χ0v) is 11.6. The third-order valence-corrected chi connectivity index (χ3v) is 3.85. The molecule has 1 aromatic carbocycles. The van der Waals surface area contributed by atoms with E-state index in [2.05, 4.69) is 42.3 Å². The van der Waals surface area contributed by atoms with Crippen LogP contribution in [-0.2, 0) is 0 Å². The first-order valence-corrected chi connectivity index (χ1v) is 6.92. The molecule has 1 aliphatic rings. The molecule has 1 aromatic rings. The Morgan fingerprint density at radius 3 is 2.83 bits per heavy atom. The maximum absolute atomic E-state index is 5.33. The molecule has 3 heteroatoms. The monoisotopic (exact) mass is 248 g/mol. The normalized spacial score (nSPS) is 24.1. The molecule has 2 unspecified atom stereocenters. The molecule has 0 radical (unpaired) electrons. The van der Waals surface area contributed by atoms with E-state index < -0.39 is 0 Å². The van der Waals surface area contributed by atoms with Crippen LogP contribution < -0.4 is 15.0 Å². The van der Waals surface area contributed by atoms with E-state index >= 15 is 0 Å². The van der Waals surface area contributed by atoms with Gasteiger partial charge in [0.15, 0.2) is 0 Å². The van der Waals surface area contributed by atoms with E-state index in [-0.39, 0.29) is 0 Å². The van der Waals surface area contributed by atoms with Gasteiger partial charge >= 0.3 is 0 Å². The van der Waals surface area contributed by atoms with Crippen molar-refractivity contribution in [2.45, 2.75) is 38.8 Å². The summed E-state index contributed by atoms with van der Waals surface area (Å²) in [5.41, 5.74) is 1.28. The lowest BCUT2D eigenvalue weighted by Gasteiger charge is -2.41. The number of hydrogen-bond donors (Lipinski definition) is 1. The van der Waals surface area contributed by atoms with Gasteiger partial charge in [0, 0.05) is 36.9 Å². The number of ether oxygens (including phenoxy) is 1. The second-order valence-corrected chi connectivity index (χ2v) is 4.93. The molecule has 3 nitrogen and oxygen atoms in total. The second kappa shape index (κ2) is 6.10. The Hall–Kier alpha value is -1.22. The van der Waals surface area contributed by atoms with Gasteiger partial charge in [-0.1, -0.05) is 19.9 Å². The average molecular weight is 248 g/mol. The van der Waals surface area contributed by atoms with E-state index in [9.17, 15) is 0 Å². The lowest BCUT2D eigenvalue weighted by molar-refractivity contribution is 0.377. The fraction of sp³-hybridized carbons (Fsp3) is 0.600. The smallest absolute Gasteiger partial charge is 0.120 e. The van der Waals surface area contributed by atoms with E-state index in [1.807, 2.05) is 6.07 Å². The molecule has 1 aliphatic heterocycles. The van der Waals surface area contributed by atoms with Crippen LogP contribution in [0.1, 0.15) is 26.7 Å². The summed E-state index contributed by atoms with van der Waals surface area (Å²) in [5, 5.41) is 3.63. The van der Waals surface area contributed by atoms with Crippen LogP contribution in [0, 0.1) is 0 Å². The number of benzene rings is 1. The zero-order chi connectivity index (χ0) is 13.0. The molecule has 100 valence electrons. The number of methoxy groups -OCH3 is 1. The van der Waals surface area contributed by atoms with Crippen molar-refractivity contribution in [2.24, 2.45) is 0 Å². The van der Waals surface area contributed by atoms with Crippen LogP contribution >= 0.6 is 0 Å². The van der Waals surface area contributed by atoms with Gasteiger partial charge < -0.3 is 15.0 Å². The quantitative estimate of drug-likeness (QED) is 0.886. The Morgan fingerprint density at radius 2 is 2.17 bits per heavy atom. The van der Waals surface area contributed by atoms with Gasteiger partial charge in [-0.15, -0.1) is 0 Å². The number of nitrogens with one attached hydrogen (secondary N) is 1. The Kier molecular flexibility index (Phi) is 4.48. The summed E-state index contributed by atoms with van der Waals surface area (Å²) in [6.45, 7) is 6.66. The van der Waals surface area contributed by atoms with Crippen molar-refractivity contribution in [1.29, 1.82) is 0 Å². The lowest BCUT2D eigenvalue weighted by Crippen LogP contribution is -2.56. The van der Waals surface area contributed by atoms with Crippen molar-refractivity contribution in [2.75, 3.05) is 25.1 Å². The molecule has 1 N–H and O–H groups in total. The number of nitrogens with zero attached hydrogens (tertiary/aromatic N) is 1. The molecule has 0 aliphatic carbocycles. The van der Waals surface area contributed by atoms with Crippen molar-refractivity contribution < 1.29 is 4.74 Å². The third-order valence-electron chi connectivity index (χ3n) is 3.85. The van der Waals surface area contributed by atoms with Crippen molar-refractivity contribution >= 4 is 5.69 Å². The first-order valence-electron chi connectivity index (χ1n) is 6.92. The summed E-state index contributed by atoms with van der Waals surface area (Å²) in [6.07, 6.45) is 2.34. The molecule has 0 aromatic heterocycles. The van der Waals surface area contributed by atoms with Crippen LogP contribution in [0.25, 0.3) is 0 Å². The molecule has 0 amide bonds. The highest BCUT2D eigenvalue weighted by Crippen LogP contribution is 2.25. The summed E-state index contributed by atoms with van der Waals surface area (Å²) in [5.74, 6) is 0.939. The summed E-state index contributed by atoms with van der Waals surface area (Å²) < 4.78 is 5.33. The Labute approximate surface area is 110 Å². The molecule has 0 spiro atoms. The first kappa shape index (κ1) is 13.2. The van der Waals surface area contributed by atoms with Gasteiger partial charge in [0.1, 0.15) is 5.75 Å². The lowest BCUT2D eigenvalue weighted by atomic mass is 10.0. The number of piperazine rings is 1. The molecule has 0 bridgehead atoms. The highest BCUT2D eigenvalue weighted by atomic mass is 16.5. The number of anilines is 1. The van der Waals surface area contributed by atoms with Crippen molar-refractivity contribution in [3.05, 3.63) is 24.3 Å². The molecule has 2 rings (SSSR count). The maximum Gasteiger partial charge on any atom is 0.120 e. The molecule has 2 atom stereocenters. The van der Waals surface area contributed by atoms with E-state index in [1.54, 1.807) is 7.11 Å². The van der Waals surface area contributed by atoms with Crippen molar-refractivity contribution in [3.63, 3.8) is 0 Å². The second-order valence-electron chi connectivity index (χ2n) is 4.93. The van der Waals surface area contributed by atoms with Gasteiger partial charge in [-0.2, -0.15) is 0 Å². The molecule has 1 saturated heterocycles. The SMILES string of the molecule is CCC1CN(c2cccc(OC)c2)C(CC)CN1. The molecule has 1 heterocycles. The van der Waals surface area contributed by atoms with Gasteiger partial charge in [0.25, 0.3) is 0 Å². The first-order chi connectivity index (χ1) is 8.78. The van der Waals surface area contributed by atoms with E-state index in [0.29, 0.717) is 12.1 Å². The highest BCUT2D eigenvalue weighted by molar-refractivity contribution is 5.52. The maximum atomic E-state index is 5.33. The Bertz CT molecular complexity index is 381. The highest BCUT2D eigenvalue weighted by Gasteiger charge is 2.26. The fourth-order valence-corrected chi connectivity index (χ4v) is 2.61. The van der Waals surface area contributed by atoms with Crippen LogP contribution in [0.3, 0.4) is 0 Å². The molecule has 1 fully saturated rings. The summed E-state index contributed by atoms with van der Waals surface area (Å²) in [6, 6.07) is 9.58. The summed E-state index contributed by atoms with van der Waals surface area (Å²) in [4.78, 5) is 2.52. The van der Waals surface area contributed by atoms with Gasteiger partial charge in [-0.05, 0) is 25.0 Å². The van der Waals surface area contributed by atoms with Gasteiger partial charge in [-0.3, -0.25) is 0 Å². The minimum atomic E-state index is 0.583. The van der Waals surface area contributed by atoms with Gasteiger partial charge in [-0.25, -0.2) is 0 Å². The van der Waals surface area contributed by atoms with Crippen LogP contribution in [0.2, 0.25) is 0 Å². The summed E-state index contributed by atoms with van der Waals surface area (Å²) >= 11 is 0. The predicted molar refractivity (Wildman–Crippen MR) is 76.5 cm³/mol. The van der Waals surface area contributed by atoms with Crippen molar-refractivity contribution in [3.8, 4) is 5.75 Å². The van der Waals surface area contributed by atoms with Crippen LogP contribution in [0.5, 0.6) is 5.75 Å². The summed E-state index contributed by atoms with van der Waals surface area (Å²) in [7, 11) is 1.73. The van der Waals surface area contributed by atoms with E-state index in [4.69, 9.17) is 4.74 Å². The molecular formula is C15H24N2O. The van der Waals surface area contributed by atoms with E-state index in [0.717, 1.165) is 18.8 Å². The largest absolute Gasteiger partial charge is 0.497 e. The fourth-order valence-electron chi connectivity index (χ4n) is 2.61. The molecule has 18 heavy (non-hydrogen) atoms. The molecular weight excluding hydrogens is 224 g/mol. The predicted octanol–water partition coefficient (Wildman–Crippen LogP) is 2.66. The number of rotatable bonds is 4. The van der Waals surface area contributed by atoms with E-state index in [1.165, 1.54) is 18.5 Å². The van der Waals surface area contributed by atoms with Crippen LogP contribution in [0.4, 0.5) is 5.69 Å². The Morgan fingerprint density at radius 1 is 1.33 bits per heavy atom. The van der Waals surface area contributed by atoms with Crippen molar-refractivity contribution in [1.82, 2.24) is 5.32 Å². The molecule has 0 saturated carbocycles. The Balaban J connectivity index is 2.20. The topological polar surface area (TPSA) is 24.5 Å². The van der Waals surface area contributed by atoms with Crippen LogP contribution in [0.15, 0.2) is 24.3 Å². The standard InChI is InChI=1S/C15H24N2O/c1-4-12-11-17(13(5-2)10-16-12)14-7-6-8-15(9-14)18-3/h6-9,12-13,16H,4-5,10-11H2,1-3H3. The minimum absolute atomic E-state index is 0.583. The third kappa shape index (κ3) is 2.78. The minimum Gasteiger partial charge on any atom is -0.497 e. The van der Waals surface area contributed by atoms with Crippen LogP contribution in [-0.4, -0.2) is 32.3 Å². The van der Waals surface area contributed by atoms with Gasteiger partial charge in [0.05, 0.1) is 7.11 Å².